The second-order valence-electron chi connectivity index (χ2n) is 6.90. The van der Waals surface area contributed by atoms with Crippen LogP contribution >= 0.6 is 11.3 Å². The molecule has 0 saturated carbocycles. The van der Waals surface area contributed by atoms with E-state index in [4.69, 9.17) is 11.1 Å². The average Bonchev–Trinajstić information content (AvgIpc) is 3.23. The maximum atomic E-state index is 11.7. The molecule has 10 heteroatoms. The number of hydrogen-bond acceptors (Lipinski definition) is 8. The predicted octanol–water partition coefficient (Wildman–Crippen LogP) is 2.09. The fraction of sp³-hybridized carbons (Fsp3) is 0.286. The van der Waals surface area contributed by atoms with E-state index in [0.29, 0.717) is 6.29 Å². The van der Waals surface area contributed by atoms with E-state index in [1.165, 1.54) is 30.8 Å². The van der Waals surface area contributed by atoms with Gasteiger partial charge >= 0.3 is 5.69 Å². The van der Waals surface area contributed by atoms with Gasteiger partial charge in [0.25, 0.3) is 5.56 Å². The topological polar surface area (TPSA) is 136 Å². The Morgan fingerprint density at radius 1 is 1.23 bits per heavy atom. The van der Waals surface area contributed by atoms with E-state index in [1.807, 2.05) is 7.05 Å². The summed E-state index contributed by atoms with van der Waals surface area (Å²) in [4.78, 5) is 37.9. The highest BCUT2D eigenvalue weighted by Gasteiger charge is 2.16. The van der Waals surface area contributed by atoms with Crippen molar-refractivity contribution in [1.82, 2.24) is 14.1 Å². The summed E-state index contributed by atoms with van der Waals surface area (Å²) >= 11 is 1.63. The molecule has 2 heterocycles. The van der Waals surface area contributed by atoms with Crippen LogP contribution < -0.4 is 22.3 Å². The minimum atomic E-state index is -0.660. The number of benzene rings is 1. The molecule has 0 saturated heterocycles. The third kappa shape index (κ3) is 5.15. The quantitative estimate of drug-likeness (QED) is 0.409. The lowest BCUT2D eigenvalue weighted by Gasteiger charge is -2.10. The van der Waals surface area contributed by atoms with Gasteiger partial charge in [0.1, 0.15) is 17.7 Å². The van der Waals surface area contributed by atoms with Crippen LogP contribution in [0.3, 0.4) is 0 Å². The first-order chi connectivity index (χ1) is 14.6. The Balaban J connectivity index is 0.000000220. The molecule has 0 aliphatic rings. The Morgan fingerprint density at radius 2 is 1.90 bits per heavy atom. The molecule has 0 fully saturated rings. The van der Waals surface area contributed by atoms with Crippen LogP contribution in [0, 0.1) is 19.3 Å². The molecule has 0 bridgehead atoms. The summed E-state index contributed by atoms with van der Waals surface area (Å²) in [6, 6.07) is 6.45. The molecule has 0 amide bonds. The van der Waals surface area contributed by atoms with Gasteiger partial charge in [0.05, 0.1) is 11.4 Å². The maximum absolute atomic E-state index is 11.7. The van der Waals surface area contributed by atoms with Crippen molar-refractivity contribution in [2.24, 2.45) is 14.1 Å². The van der Waals surface area contributed by atoms with Gasteiger partial charge in [-0.25, -0.2) is 9.78 Å². The molecule has 9 nitrogen and oxygen atoms in total. The first-order valence-corrected chi connectivity index (χ1v) is 10.3. The molecule has 1 aromatic carbocycles. The smallest absolute Gasteiger partial charge is 0.332 e. The summed E-state index contributed by atoms with van der Waals surface area (Å²) in [6.07, 6.45) is 0.296. The Kier molecular flexibility index (Phi) is 7.65. The number of aromatic nitrogens is 3. The lowest BCUT2D eigenvalue weighted by atomic mass is 10.1. The molecule has 0 aliphatic carbocycles. The minimum absolute atomic E-state index is 0.0973. The molecular weight excluding hydrogens is 416 g/mol. The van der Waals surface area contributed by atoms with E-state index in [2.05, 4.69) is 47.7 Å². The van der Waals surface area contributed by atoms with E-state index in [0.717, 1.165) is 20.0 Å². The van der Waals surface area contributed by atoms with Crippen molar-refractivity contribution < 1.29 is 4.79 Å². The summed E-state index contributed by atoms with van der Waals surface area (Å²) in [5.74, 6) is -0.0973. The van der Waals surface area contributed by atoms with Crippen LogP contribution in [-0.2, 0) is 18.9 Å². The Hall–Kier alpha value is -3.53. The number of nitrogens with two attached hydrogens (primary N) is 1. The maximum Gasteiger partial charge on any atom is 0.332 e. The molecule has 4 N–H and O–H groups in total. The summed E-state index contributed by atoms with van der Waals surface area (Å²) in [7, 11) is 4.58. The highest BCUT2D eigenvalue weighted by molar-refractivity contribution is 7.14. The van der Waals surface area contributed by atoms with E-state index in [9.17, 15) is 14.4 Å². The van der Waals surface area contributed by atoms with Crippen molar-refractivity contribution in [1.29, 1.82) is 5.41 Å². The standard InChI is InChI=1S/C12H14N2S.C9H12N4O3/c1-8-4-5-10(6-9(8)2)11-7-15-12(13-3)14-11;1-12-7(11)6(5(10)3-4-14)8(15)13(2)9(12)16/h4-7H,1-3H3,(H,13,14);4,10H,3,11H2,1-2H3. The van der Waals surface area contributed by atoms with Crippen molar-refractivity contribution in [3.05, 3.63) is 61.1 Å². The SMILES string of the molecule is CNc1nc(-c2ccc(C)c(C)c2)cs1.Cn1c(N)c(C(=N)CC=O)c(=O)n(C)c1=O. The number of aryl methyl sites for hydroxylation is 2. The summed E-state index contributed by atoms with van der Waals surface area (Å²) in [6.45, 7) is 4.25. The van der Waals surface area contributed by atoms with E-state index < -0.39 is 11.2 Å². The zero-order valence-corrected chi connectivity index (χ0v) is 19.0. The zero-order chi connectivity index (χ0) is 23.3. The predicted molar refractivity (Wildman–Crippen MR) is 125 cm³/mol. The molecule has 31 heavy (non-hydrogen) atoms. The number of nitrogens with zero attached hydrogens (tertiary/aromatic N) is 3. The normalized spacial score (nSPS) is 10.2. The van der Waals surface area contributed by atoms with Gasteiger partial charge in [-0.15, -0.1) is 11.3 Å². The number of carbonyl (C=O) groups is 1. The molecule has 0 atom stereocenters. The number of aldehydes is 1. The number of nitrogen functional groups attached to an aromatic ring is 1. The van der Waals surface area contributed by atoms with Crippen molar-refractivity contribution in [2.45, 2.75) is 20.3 Å². The number of hydrogen-bond donors (Lipinski definition) is 3. The van der Waals surface area contributed by atoms with Gasteiger partial charge in [0.15, 0.2) is 5.13 Å². The lowest BCUT2D eigenvalue weighted by molar-refractivity contribution is -0.106. The van der Waals surface area contributed by atoms with Crippen LogP contribution in [-0.4, -0.2) is 33.2 Å². The number of rotatable bonds is 5. The van der Waals surface area contributed by atoms with Crippen LogP contribution in [0.4, 0.5) is 10.9 Å². The largest absolute Gasteiger partial charge is 0.384 e. The number of carbonyl (C=O) groups excluding carboxylic acids is 1. The van der Waals surface area contributed by atoms with E-state index in [1.54, 1.807) is 11.3 Å². The third-order valence-electron chi connectivity index (χ3n) is 4.82. The molecule has 3 rings (SSSR count). The third-order valence-corrected chi connectivity index (χ3v) is 5.68. The molecule has 164 valence electrons. The second-order valence-corrected chi connectivity index (χ2v) is 7.76. The fourth-order valence-electron chi connectivity index (χ4n) is 2.75. The molecular formula is C21H26N6O3S. The molecule has 2 aromatic heterocycles. The Morgan fingerprint density at radius 3 is 2.45 bits per heavy atom. The summed E-state index contributed by atoms with van der Waals surface area (Å²) in [5, 5.41) is 13.6. The van der Waals surface area contributed by atoms with Crippen LogP contribution in [0.2, 0.25) is 0 Å². The average molecular weight is 443 g/mol. The monoisotopic (exact) mass is 442 g/mol. The summed E-state index contributed by atoms with van der Waals surface area (Å²) in [5.41, 5.74) is 8.93. The van der Waals surface area contributed by atoms with Crippen LogP contribution in [0.25, 0.3) is 11.3 Å². The zero-order valence-electron chi connectivity index (χ0n) is 18.1. The van der Waals surface area contributed by atoms with Crippen LogP contribution in [0.5, 0.6) is 0 Å². The fourth-order valence-corrected chi connectivity index (χ4v) is 3.43. The van der Waals surface area contributed by atoms with Crippen LogP contribution in [0.1, 0.15) is 23.1 Å². The molecule has 3 aromatic rings. The van der Waals surface area contributed by atoms with Crippen molar-refractivity contribution in [3.8, 4) is 11.3 Å². The molecule has 0 spiro atoms. The lowest BCUT2D eigenvalue weighted by Crippen LogP contribution is -2.41. The second kappa shape index (κ2) is 9.98. The van der Waals surface area contributed by atoms with Crippen molar-refractivity contribution >= 4 is 34.3 Å². The van der Waals surface area contributed by atoms with E-state index in [-0.39, 0.29) is 23.5 Å². The van der Waals surface area contributed by atoms with Gasteiger partial charge in [-0.3, -0.25) is 13.9 Å². The molecule has 0 aliphatic heterocycles. The van der Waals surface area contributed by atoms with Gasteiger partial charge in [0, 0.05) is 38.5 Å². The Bertz CT molecular complexity index is 1240. The van der Waals surface area contributed by atoms with Gasteiger partial charge in [0.2, 0.25) is 0 Å². The van der Waals surface area contributed by atoms with Crippen LogP contribution in [0.15, 0.2) is 33.2 Å². The van der Waals surface area contributed by atoms with Crippen molar-refractivity contribution in [2.75, 3.05) is 18.1 Å². The molecule has 0 radical (unpaired) electrons. The number of thiazole rings is 1. The van der Waals surface area contributed by atoms with E-state index >= 15 is 0 Å². The van der Waals surface area contributed by atoms with Crippen molar-refractivity contribution in [3.63, 3.8) is 0 Å². The number of nitrogens with one attached hydrogen (secondary N) is 2. The minimum Gasteiger partial charge on any atom is -0.384 e. The Labute approximate surface area is 183 Å². The first kappa shape index (κ1) is 23.7. The highest BCUT2D eigenvalue weighted by Crippen LogP contribution is 2.25. The number of anilines is 2. The highest BCUT2D eigenvalue weighted by atomic mass is 32.1. The summed E-state index contributed by atoms with van der Waals surface area (Å²) < 4.78 is 1.92. The first-order valence-electron chi connectivity index (χ1n) is 9.40. The van der Waals surface area contributed by atoms with Gasteiger partial charge in [-0.1, -0.05) is 12.1 Å². The molecule has 0 unspecified atom stereocenters. The van der Waals surface area contributed by atoms with Gasteiger partial charge in [-0.2, -0.15) is 0 Å². The van der Waals surface area contributed by atoms with Gasteiger partial charge in [-0.05, 0) is 31.0 Å². The van der Waals surface area contributed by atoms with Gasteiger partial charge < -0.3 is 21.3 Å².